The second-order valence-electron chi connectivity index (χ2n) is 4.84. The van der Waals surface area contributed by atoms with Crippen molar-refractivity contribution in [2.24, 2.45) is 0 Å². The molecule has 1 aromatic carbocycles. The van der Waals surface area contributed by atoms with Crippen molar-refractivity contribution >= 4 is 0 Å². The van der Waals surface area contributed by atoms with Crippen molar-refractivity contribution < 1.29 is 9.84 Å². The number of nitrogens with zero attached hydrogens (tertiary/aromatic N) is 1. The summed E-state index contributed by atoms with van der Waals surface area (Å²) in [5, 5.41) is 12.4. The molecule has 1 heterocycles. The van der Waals surface area contributed by atoms with Gasteiger partial charge in [0.25, 0.3) is 0 Å². The van der Waals surface area contributed by atoms with E-state index in [4.69, 9.17) is 9.84 Å². The molecule has 4 nitrogen and oxygen atoms in total. The van der Waals surface area contributed by atoms with Crippen molar-refractivity contribution in [1.29, 1.82) is 0 Å². The zero-order valence-electron chi connectivity index (χ0n) is 12.5. The van der Waals surface area contributed by atoms with Crippen LogP contribution in [0.3, 0.4) is 0 Å². The van der Waals surface area contributed by atoms with Crippen molar-refractivity contribution in [2.45, 2.75) is 32.9 Å². The van der Waals surface area contributed by atoms with Crippen LogP contribution in [0.5, 0.6) is 11.5 Å². The second kappa shape index (κ2) is 7.76. The molecule has 2 aromatic rings. The summed E-state index contributed by atoms with van der Waals surface area (Å²) in [6, 6.07) is 11.6. The summed E-state index contributed by atoms with van der Waals surface area (Å²) >= 11 is 0. The van der Waals surface area contributed by atoms with Gasteiger partial charge in [0.05, 0.1) is 18.5 Å². The third-order valence-corrected chi connectivity index (χ3v) is 3.32. The van der Waals surface area contributed by atoms with Crippen LogP contribution >= 0.6 is 0 Å². The maximum atomic E-state index is 9.01. The number of pyridine rings is 1. The maximum Gasteiger partial charge on any atom is 0.145 e. The topological polar surface area (TPSA) is 54.4 Å². The summed E-state index contributed by atoms with van der Waals surface area (Å²) in [6.45, 7) is 5.20. The zero-order valence-corrected chi connectivity index (χ0v) is 12.5. The fourth-order valence-corrected chi connectivity index (χ4v) is 2.16. The first-order valence-electron chi connectivity index (χ1n) is 7.33. The van der Waals surface area contributed by atoms with Crippen LogP contribution in [0.25, 0.3) is 0 Å². The standard InChI is InChI=1S/C17H22N2O2/c1-3-16(18-4-2)17-10-9-15(11-19-17)21-14-7-5-13(12-20)6-8-14/h5-11,16,18,20H,3-4,12H2,1-2H3. The Kier molecular flexibility index (Phi) is 5.72. The zero-order chi connectivity index (χ0) is 15.1. The van der Waals surface area contributed by atoms with Crippen molar-refractivity contribution in [1.82, 2.24) is 10.3 Å². The SMILES string of the molecule is CCNC(CC)c1ccc(Oc2ccc(CO)cc2)cn1. The summed E-state index contributed by atoms with van der Waals surface area (Å²) < 4.78 is 5.74. The van der Waals surface area contributed by atoms with Crippen molar-refractivity contribution in [3.63, 3.8) is 0 Å². The van der Waals surface area contributed by atoms with Crippen molar-refractivity contribution in [2.75, 3.05) is 6.54 Å². The summed E-state index contributed by atoms with van der Waals surface area (Å²) in [6.07, 6.45) is 2.75. The number of hydrogen-bond donors (Lipinski definition) is 2. The van der Waals surface area contributed by atoms with E-state index in [1.807, 2.05) is 36.4 Å². The molecule has 0 amide bonds. The molecule has 2 rings (SSSR count). The van der Waals surface area contributed by atoms with Gasteiger partial charge in [0.1, 0.15) is 11.5 Å². The Bertz CT molecular complexity index is 538. The smallest absolute Gasteiger partial charge is 0.145 e. The Balaban J connectivity index is 2.04. The number of ether oxygens (including phenoxy) is 1. The van der Waals surface area contributed by atoms with E-state index in [0.29, 0.717) is 5.75 Å². The molecule has 1 aromatic heterocycles. The van der Waals surface area contributed by atoms with Gasteiger partial charge >= 0.3 is 0 Å². The van der Waals surface area contributed by atoms with E-state index >= 15 is 0 Å². The van der Waals surface area contributed by atoms with Crippen LogP contribution in [0.1, 0.15) is 37.6 Å². The maximum absolute atomic E-state index is 9.01. The highest BCUT2D eigenvalue weighted by atomic mass is 16.5. The highest BCUT2D eigenvalue weighted by Crippen LogP contribution is 2.23. The van der Waals surface area contributed by atoms with E-state index in [2.05, 4.69) is 24.1 Å². The number of hydrogen-bond acceptors (Lipinski definition) is 4. The van der Waals surface area contributed by atoms with Crippen LogP contribution in [-0.4, -0.2) is 16.6 Å². The Morgan fingerprint density at radius 2 is 1.81 bits per heavy atom. The molecule has 0 aliphatic carbocycles. The highest BCUT2D eigenvalue weighted by Gasteiger charge is 2.09. The molecule has 0 fully saturated rings. The van der Waals surface area contributed by atoms with Crippen LogP contribution in [0, 0.1) is 0 Å². The van der Waals surface area contributed by atoms with Crippen LogP contribution in [0.15, 0.2) is 42.6 Å². The lowest BCUT2D eigenvalue weighted by Crippen LogP contribution is -2.20. The predicted molar refractivity (Wildman–Crippen MR) is 83.4 cm³/mol. The monoisotopic (exact) mass is 286 g/mol. The van der Waals surface area contributed by atoms with Gasteiger partial charge in [-0.2, -0.15) is 0 Å². The Morgan fingerprint density at radius 3 is 2.33 bits per heavy atom. The van der Waals surface area contributed by atoms with E-state index in [1.54, 1.807) is 6.20 Å². The molecule has 1 atom stereocenters. The van der Waals surface area contributed by atoms with Crippen LogP contribution < -0.4 is 10.1 Å². The Hall–Kier alpha value is -1.91. The van der Waals surface area contributed by atoms with Gasteiger partial charge < -0.3 is 15.2 Å². The Labute approximate surface area is 125 Å². The molecule has 0 radical (unpaired) electrons. The Morgan fingerprint density at radius 1 is 1.10 bits per heavy atom. The van der Waals surface area contributed by atoms with Crippen molar-refractivity contribution in [3.8, 4) is 11.5 Å². The van der Waals surface area contributed by atoms with E-state index < -0.39 is 0 Å². The van der Waals surface area contributed by atoms with E-state index in [-0.39, 0.29) is 12.6 Å². The number of aliphatic hydroxyl groups is 1. The molecule has 4 heteroatoms. The second-order valence-corrected chi connectivity index (χ2v) is 4.84. The van der Waals surface area contributed by atoms with Crippen LogP contribution in [0.4, 0.5) is 0 Å². The number of nitrogens with one attached hydrogen (secondary N) is 1. The molecule has 0 aliphatic rings. The molecular formula is C17H22N2O2. The van der Waals surface area contributed by atoms with Gasteiger partial charge in [-0.3, -0.25) is 4.98 Å². The molecular weight excluding hydrogens is 264 g/mol. The van der Waals surface area contributed by atoms with Gasteiger partial charge in [-0.1, -0.05) is 26.0 Å². The van der Waals surface area contributed by atoms with Gasteiger partial charge in [-0.25, -0.2) is 0 Å². The van der Waals surface area contributed by atoms with Gasteiger partial charge in [0.2, 0.25) is 0 Å². The summed E-state index contributed by atoms with van der Waals surface area (Å²) in [4.78, 5) is 4.47. The minimum absolute atomic E-state index is 0.0410. The first-order valence-corrected chi connectivity index (χ1v) is 7.33. The van der Waals surface area contributed by atoms with E-state index in [0.717, 1.165) is 30.0 Å². The van der Waals surface area contributed by atoms with Gasteiger partial charge in [0.15, 0.2) is 0 Å². The van der Waals surface area contributed by atoms with Gasteiger partial charge in [-0.15, -0.1) is 0 Å². The molecule has 21 heavy (non-hydrogen) atoms. The number of benzene rings is 1. The predicted octanol–water partition coefficient (Wildman–Crippen LogP) is 3.43. The molecule has 2 N–H and O–H groups in total. The molecule has 112 valence electrons. The average molecular weight is 286 g/mol. The molecule has 0 aliphatic heterocycles. The molecule has 1 unspecified atom stereocenters. The lowest BCUT2D eigenvalue weighted by molar-refractivity contribution is 0.281. The first kappa shape index (κ1) is 15.5. The number of rotatable bonds is 7. The number of aromatic nitrogens is 1. The van der Waals surface area contributed by atoms with Crippen LogP contribution in [0.2, 0.25) is 0 Å². The van der Waals surface area contributed by atoms with E-state index in [1.165, 1.54) is 0 Å². The largest absolute Gasteiger partial charge is 0.456 e. The molecule has 0 spiro atoms. The number of aliphatic hydroxyl groups excluding tert-OH is 1. The third-order valence-electron chi connectivity index (χ3n) is 3.32. The normalized spacial score (nSPS) is 12.1. The van der Waals surface area contributed by atoms with Gasteiger partial charge in [-0.05, 0) is 42.8 Å². The third kappa shape index (κ3) is 4.28. The fourth-order valence-electron chi connectivity index (χ4n) is 2.16. The lowest BCUT2D eigenvalue weighted by atomic mass is 10.1. The molecule has 0 saturated carbocycles. The minimum Gasteiger partial charge on any atom is -0.456 e. The molecule has 0 saturated heterocycles. The summed E-state index contributed by atoms with van der Waals surface area (Å²) in [7, 11) is 0. The molecule has 0 bridgehead atoms. The highest BCUT2D eigenvalue weighted by molar-refractivity contribution is 5.32. The average Bonchev–Trinajstić information content (AvgIpc) is 2.54. The summed E-state index contributed by atoms with van der Waals surface area (Å²) in [5.41, 5.74) is 1.90. The lowest BCUT2D eigenvalue weighted by Gasteiger charge is -2.15. The quantitative estimate of drug-likeness (QED) is 0.819. The summed E-state index contributed by atoms with van der Waals surface area (Å²) in [5.74, 6) is 1.45. The van der Waals surface area contributed by atoms with Gasteiger partial charge in [0, 0.05) is 6.04 Å². The van der Waals surface area contributed by atoms with Crippen LogP contribution in [-0.2, 0) is 6.61 Å². The van der Waals surface area contributed by atoms with Crippen molar-refractivity contribution in [3.05, 3.63) is 53.9 Å². The van der Waals surface area contributed by atoms with E-state index in [9.17, 15) is 0 Å². The minimum atomic E-state index is 0.0410. The fraction of sp³-hybridized carbons (Fsp3) is 0.353. The first-order chi connectivity index (χ1) is 10.3.